The molecule has 0 aromatic heterocycles. The molecule has 0 heterocycles. The van der Waals surface area contributed by atoms with Crippen LogP contribution in [0, 0.1) is 11.8 Å². The minimum absolute atomic E-state index is 0.105. The van der Waals surface area contributed by atoms with Gasteiger partial charge in [0, 0.05) is 6.54 Å². The second-order valence-corrected chi connectivity index (χ2v) is 2.78. The van der Waals surface area contributed by atoms with Gasteiger partial charge in [0.25, 0.3) is 0 Å². The molecule has 1 rings (SSSR count). The SMILES string of the molecule is C=NC[C@H]1C[C@H](C(=O)O)C1. The van der Waals surface area contributed by atoms with Gasteiger partial charge in [-0.2, -0.15) is 0 Å². The van der Waals surface area contributed by atoms with Crippen LogP contribution in [-0.2, 0) is 4.79 Å². The molecule has 1 aliphatic rings. The Morgan fingerprint density at radius 3 is 2.70 bits per heavy atom. The quantitative estimate of drug-likeness (QED) is 0.591. The smallest absolute Gasteiger partial charge is 0.306 e. The number of hydrogen-bond acceptors (Lipinski definition) is 2. The summed E-state index contributed by atoms with van der Waals surface area (Å²) in [6.45, 7) is 4.08. The fourth-order valence-corrected chi connectivity index (χ4v) is 1.27. The molecule has 1 fully saturated rings. The molecule has 0 unspecified atom stereocenters. The van der Waals surface area contributed by atoms with Gasteiger partial charge in [0.05, 0.1) is 5.92 Å². The molecular weight excluding hydrogens is 130 g/mol. The van der Waals surface area contributed by atoms with Crippen LogP contribution in [0.15, 0.2) is 4.99 Å². The Bertz CT molecular complexity index is 150. The second-order valence-electron chi connectivity index (χ2n) is 2.78. The Hall–Kier alpha value is -0.860. The largest absolute Gasteiger partial charge is 0.481 e. The first-order valence-corrected chi connectivity index (χ1v) is 3.39. The zero-order valence-corrected chi connectivity index (χ0v) is 5.79. The van der Waals surface area contributed by atoms with Gasteiger partial charge in [0.1, 0.15) is 0 Å². The minimum atomic E-state index is -0.666. The lowest BCUT2D eigenvalue weighted by Gasteiger charge is -2.30. The van der Waals surface area contributed by atoms with Gasteiger partial charge in [0.15, 0.2) is 0 Å². The van der Waals surface area contributed by atoms with E-state index in [9.17, 15) is 4.79 Å². The van der Waals surface area contributed by atoms with Gasteiger partial charge in [-0.3, -0.25) is 4.79 Å². The van der Waals surface area contributed by atoms with E-state index in [1.807, 2.05) is 0 Å². The van der Waals surface area contributed by atoms with Crippen molar-refractivity contribution in [2.75, 3.05) is 6.54 Å². The summed E-state index contributed by atoms with van der Waals surface area (Å²) < 4.78 is 0. The highest BCUT2D eigenvalue weighted by Crippen LogP contribution is 2.33. The first-order valence-electron chi connectivity index (χ1n) is 3.39. The minimum Gasteiger partial charge on any atom is -0.481 e. The molecule has 0 bridgehead atoms. The van der Waals surface area contributed by atoms with Gasteiger partial charge >= 0.3 is 5.97 Å². The molecular formula is C7H11NO2. The predicted octanol–water partition coefficient (Wildman–Crippen LogP) is 0.798. The number of carbonyl (C=O) groups is 1. The molecule has 0 atom stereocenters. The molecule has 1 aliphatic carbocycles. The van der Waals surface area contributed by atoms with Crippen LogP contribution in [0.25, 0.3) is 0 Å². The normalized spacial score (nSPS) is 30.8. The fourth-order valence-electron chi connectivity index (χ4n) is 1.27. The summed E-state index contributed by atoms with van der Waals surface area (Å²) in [5.41, 5.74) is 0. The Labute approximate surface area is 59.8 Å². The van der Waals surface area contributed by atoms with Gasteiger partial charge in [0.2, 0.25) is 0 Å². The van der Waals surface area contributed by atoms with Crippen LogP contribution in [0.2, 0.25) is 0 Å². The zero-order valence-electron chi connectivity index (χ0n) is 5.79. The fraction of sp³-hybridized carbons (Fsp3) is 0.714. The Kier molecular flexibility index (Phi) is 2.04. The second kappa shape index (κ2) is 2.82. The van der Waals surface area contributed by atoms with E-state index in [0.717, 1.165) is 19.4 Å². The monoisotopic (exact) mass is 141 g/mol. The lowest BCUT2D eigenvalue weighted by molar-refractivity contribution is -0.146. The molecule has 3 heteroatoms. The number of carboxylic acids is 1. The summed E-state index contributed by atoms with van der Waals surface area (Å²) >= 11 is 0. The third-order valence-electron chi connectivity index (χ3n) is 1.97. The molecule has 10 heavy (non-hydrogen) atoms. The van der Waals surface area contributed by atoms with Crippen molar-refractivity contribution in [1.82, 2.24) is 0 Å². The average molecular weight is 141 g/mol. The van der Waals surface area contributed by atoms with Crippen molar-refractivity contribution in [2.45, 2.75) is 12.8 Å². The van der Waals surface area contributed by atoms with Crippen LogP contribution in [0.3, 0.4) is 0 Å². The van der Waals surface area contributed by atoms with Crippen LogP contribution >= 0.6 is 0 Å². The van der Waals surface area contributed by atoms with E-state index in [1.54, 1.807) is 0 Å². The van der Waals surface area contributed by atoms with Crippen molar-refractivity contribution in [1.29, 1.82) is 0 Å². The van der Waals surface area contributed by atoms with E-state index in [4.69, 9.17) is 5.11 Å². The average Bonchev–Trinajstić information content (AvgIpc) is 1.76. The Morgan fingerprint density at radius 2 is 2.30 bits per heavy atom. The van der Waals surface area contributed by atoms with Crippen molar-refractivity contribution >= 4 is 12.7 Å². The van der Waals surface area contributed by atoms with Crippen molar-refractivity contribution in [3.05, 3.63) is 0 Å². The summed E-state index contributed by atoms with van der Waals surface area (Å²) in [6.07, 6.45) is 1.57. The lowest BCUT2D eigenvalue weighted by Crippen LogP contribution is -2.31. The van der Waals surface area contributed by atoms with Gasteiger partial charge in [-0.25, -0.2) is 0 Å². The van der Waals surface area contributed by atoms with E-state index < -0.39 is 5.97 Å². The Morgan fingerprint density at radius 1 is 1.70 bits per heavy atom. The zero-order chi connectivity index (χ0) is 7.56. The van der Waals surface area contributed by atoms with Crippen LogP contribution in [-0.4, -0.2) is 24.3 Å². The first-order chi connectivity index (χ1) is 4.74. The number of nitrogens with zero attached hydrogens (tertiary/aromatic N) is 1. The van der Waals surface area contributed by atoms with E-state index in [-0.39, 0.29) is 5.92 Å². The van der Waals surface area contributed by atoms with Gasteiger partial charge in [-0.15, -0.1) is 0 Å². The third-order valence-corrected chi connectivity index (χ3v) is 1.97. The highest BCUT2D eigenvalue weighted by molar-refractivity contribution is 5.71. The summed E-state index contributed by atoms with van der Waals surface area (Å²) in [7, 11) is 0. The van der Waals surface area contributed by atoms with Crippen molar-refractivity contribution in [3.63, 3.8) is 0 Å². The van der Waals surface area contributed by atoms with Crippen LogP contribution in [0.4, 0.5) is 0 Å². The predicted molar refractivity (Wildman–Crippen MR) is 38.3 cm³/mol. The van der Waals surface area contributed by atoms with Crippen molar-refractivity contribution in [2.24, 2.45) is 16.8 Å². The van der Waals surface area contributed by atoms with Gasteiger partial charge < -0.3 is 10.1 Å². The van der Waals surface area contributed by atoms with Crippen molar-refractivity contribution < 1.29 is 9.90 Å². The molecule has 0 spiro atoms. The van der Waals surface area contributed by atoms with Crippen LogP contribution < -0.4 is 0 Å². The number of aliphatic carboxylic acids is 1. The summed E-state index contributed by atoms with van der Waals surface area (Å²) in [5.74, 6) is -0.286. The van der Waals surface area contributed by atoms with E-state index in [0.29, 0.717) is 5.92 Å². The van der Waals surface area contributed by atoms with Gasteiger partial charge in [-0.1, -0.05) is 0 Å². The number of aliphatic imine (C=N–C) groups is 1. The molecule has 0 aliphatic heterocycles. The molecule has 0 saturated heterocycles. The molecule has 0 aromatic rings. The standard InChI is InChI=1S/C7H11NO2/c1-8-4-5-2-6(3-5)7(9)10/h5-6H,1-4H2,(H,9,10)/t5-,6-. The van der Waals surface area contributed by atoms with E-state index >= 15 is 0 Å². The maximum atomic E-state index is 10.3. The van der Waals surface area contributed by atoms with Crippen LogP contribution in [0.1, 0.15) is 12.8 Å². The molecule has 1 saturated carbocycles. The highest BCUT2D eigenvalue weighted by Gasteiger charge is 2.33. The Balaban J connectivity index is 2.17. The number of hydrogen-bond donors (Lipinski definition) is 1. The number of rotatable bonds is 3. The molecule has 3 nitrogen and oxygen atoms in total. The number of carboxylic acid groups (broad SMARTS) is 1. The maximum absolute atomic E-state index is 10.3. The lowest BCUT2D eigenvalue weighted by atomic mass is 9.75. The molecule has 56 valence electrons. The van der Waals surface area contributed by atoms with Crippen LogP contribution in [0.5, 0.6) is 0 Å². The molecule has 0 radical (unpaired) electrons. The summed E-state index contributed by atoms with van der Waals surface area (Å²) in [5, 5.41) is 8.47. The molecule has 0 amide bonds. The highest BCUT2D eigenvalue weighted by atomic mass is 16.4. The van der Waals surface area contributed by atoms with E-state index in [2.05, 4.69) is 11.7 Å². The van der Waals surface area contributed by atoms with Gasteiger partial charge in [-0.05, 0) is 25.5 Å². The summed E-state index contributed by atoms with van der Waals surface area (Å²) in [4.78, 5) is 14.0. The third kappa shape index (κ3) is 1.35. The molecule has 1 N–H and O–H groups in total. The summed E-state index contributed by atoms with van der Waals surface area (Å²) in [6, 6.07) is 0. The first kappa shape index (κ1) is 7.25. The van der Waals surface area contributed by atoms with E-state index in [1.165, 1.54) is 0 Å². The maximum Gasteiger partial charge on any atom is 0.306 e. The van der Waals surface area contributed by atoms with Crippen molar-refractivity contribution in [3.8, 4) is 0 Å². The topological polar surface area (TPSA) is 49.7 Å². The molecule has 0 aromatic carbocycles.